The van der Waals surface area contributed by atoms with Gasteiger partial charge in [-0.25, -0.2) is 0 Å². The predicted molar refractivity (Wildman–Crippen MR) is 264 cm³/mol. The molecule has 0 aromatic carbocycles. The summed E-state index contributed by atoms with van der Waals surface area (Å²) >= 11 is 0. The van der Waals surface area contributed by atoms with Crippen LogP contribution in [0, 0.1) is 0 Å². The molecule has 3 N–H and O–H groups in total. The fourth-order valence-corrected chi connectivity index (χ4v) is 7.49. The molecule has 1 amide bonds. The zero-order chi connectivity index (χ0) is 44.5. The van der Waals surface area contributed by atoms with E-state index in [1.54, 1.807) is 0 Å². The van der Waals surface area contributed by atoms with Gasteiger partial charge in [-0.3, -0.25) is 9.59 Å². The van der Waals surface area contributed by atoms with Crippen molar-refractivity contribution in [1.29, 1.82) is 0 Å². The number of allylic oxidation sites excluding steroid dienone is 12. The minimum absolute atomic E-state index is 0.0474. The van der Waals surface area contributed by atoms with Crippen molar-refractivity contribution in [3.63, 3.8) is 0 Å². The highest BCUT2D eigenvalue weighted by Gasteiger charge is 2.24. The number of hydrogen-bond donors (Lipinski definition) is 3. The van der Waals surface area contributed by atoms with Crippen molar-refractivity contribution in [2.45, 2.75) is 257 Å². The monoisotopic (exact) mass is 852 g/mol. The number of rotatable bonds is 45. The van der Waals surface area contributed by atoms with Gasteiger partial charge < -0.3 is 20.3 Å². The molecule has 0 aromatic rings. The summed E-state index contributed by atoms with van der Waals surface area (Å²) in [4.78, 5) is 26.1. The minimum atomic E-state index is -0.801. The van der Waals surface area contributed by atoms with E-state index in [0.29, 0.717) is 19.3 Å². The highest BCUT2D eigenvalue weighted by molar-refractivity contribution is 5.77. The number of aliphatic hydroxyl groups is 2. The normalized spacial score (nSPS) is 13.9. The number of unbranched alkanes of at least 4 members (excludes halogenated alkanes) is 25. The molecule has 0 spiro atoms. The van der Waals surface area contributed by atoms with E-state index in [2.05, 4.69) is 99.0 Å². The summed E-state index contributed by atoms with van der Waals surface area (Å²) in [5.74, 6) is -0.523. The number of carbonyl (C=O) groups is 2. The Morgan fingerprint density at radius 3 is 1.34 bits per heavy atom. The summed E-state index contributed by atoms with van der Waals surface area (Å²) in [6.07, 6.45) is 61.0. The maximum atomic E-state index is 13.2. The van der Waals surface area contributed by atoms with Gasteiger partial charge in [-0.2, -0.15) is 0 Å². The molecule has 0 bridgehead atoms. The second-order valence-corrected chi connectivity index (χ2v) is 17.3. The Morgan fingerprint density at radius 1 is 0.492 bits per heavy atom. The molecule has 0 radical (unpaired) electrons. The van der Waals surface area contributed by atoms with Crippen molar-refractivity contribution >= 4 is 11.9 Å². The molecule has 0 fully saturated rings. The third-order valence-electron chi connectivity index (χ3n) is 11.4. The molecule has 0 aliphatic carbocycles. The SMILES string of the molecule is CC/C=C/C=C/C=C/CCCCCCCCCC(=O)OC(CCCCC/C=C/C=C/C=C/CCCCCCC)CC(=O)NC(CO)C(O)CCCCCCCCCCCCC. The lowest BCUT2D eigenvalue weighted by Gasteiger charge is -2.24. The van der Waals surface area contributed by atoms with Crippen LogP contribution in [0.4, 0.5) is 0 Å². The van der Waals surface area contributed by atoms with E-state index in [9.17, 15) is 19.8 Å². The number of ether oxygens (including phenoxy) is 1. The van der Waals surface area contributed by atoms with Crippen LogP contribution in [-0.2, 0) is 14.3 Å². The molecule has 6 heteroatoms. The number of nitrogens with one attached hydrogen (secondary N) is 1. The van der Waals surface area contributed by atoms with Crippen molar-refractivity contribution < 1.29 is 24.5 Å². The van der Waals surface area contributed by atoms with E-state index >= 15 is 0 Å². The van der Waals surface area contributed by atoms with Crippen LogP contribution in [0.2, 0.25) is 0 Å². The molecular formula is C55H97NO5. The summed E-state index contributed by atoms with van der Waals surface area (Å²) in [5, 5.41) is 23.7. The zero-order valence-electron chi connectivity index (χ0n) is 40.0. The van der Waals surface area contributed by atoms with Gasteiger partial charge in [0.1, 0.15) is 6.10 Å². The second kappa shape index (κ2) is 48.3. The van der Waals surface area contributed by atoms with Crippen molar-refractivity contribution in [2.24, 2.45) is 0 Å². The molecule has 3 atom stereocenters. The van der Waals surface area contributed by atoms with Gasteiger partial charge in [-0.05, 0) is 70.6 Å². The van der Waals surface area contributed by atoms with Crippen LogP contribution in [0.3, 0.4) is 0 Å². The van der Waals surface area contributed by atoms with Gasteiger partial charge in [0.2, 0.25) is 5.91 Å². The smallest absolute Gasteiger partial charge is 0.306 e. The van der Waals surface area contributed by atoms with Crippen molar-refractivity contribution in [1.82, 2.24) is 5.32 Å². The molecule has 0 saturated carbocycles. The van der Waals surface area contributed by atoms with E-state index in [1.165, 1.54) is 109 Å². The van der Waals surface area contributed by atoms with Crippen LogP contribution in [0.25, 0.3) is 0 Å². The Hall–Kier alpha value is -2.70. The standard InChI is InChI=1S/C55H97NO5/c1-4-7-10-13-16-19-22-24-26-28-29-32-34-37-40-43-46-51(61-55(60)48-45-42-39-36-33-30-27-25-23-20-17-14-11-8-5-2)49-54(59)56-52(50-57)53(58)47-44-41-38-35-31-21-18-15-12-9-6-3/h8,11,14,17,20,22-24,26,28-29,32,51-53,57-58H,4-7,9-10,12-13,15-16,18-19,21,25,27,30-31,33-50H2,1-3H3,(H,56,59)/b11-8+,17-14+,23-20+,24-22+,28-26+,32-29+. The molecule has 0 saturated heterocycles. The number of aliphatic hydroxyl groups excluding tert-OH is 2. The van der Waals surface area contributed by atoms with Gasteiger partial charge in [0.25, 0.3) is 0 Å². The Balaban J connectivity index is 4.69. The number of amides is 1. The van der Waals surface area contributed by atoms with E-state index in [1.807, 2.05) is 0 Å². The van der Waals surface area contributed by atoms with E-state index in [4.69, 9.17) is 4.74 Å². The van der Waals surface area contributed by atoms with Gasteiger partial charge in [-0.1, -0.05) is 229 Å². The summed E-state index contributed by atoms with van der Waals surface area (Å²) in [6.45, 7) is 6.32. The predicted octanol–water partition coefficient (Wildman–Crippen LogP) is 15.4. The molecule has 0 aromatic heterocycles. The van der Waals surface area contributed by atoms with Gasteiger partial charge in [0, 0.05) is 6.42 Å². The average molecular weight is 852 g/mol. The molecule has 0 aliphatic rings. The van der Waals surface area contributed by atoms with Gasteiger partial charge >= 0.3 is 5.97 Å². The Bertz CT molecular complexity index is 1140. The van der Waals surface area contributed by atoms with Gasteiger partial charge in [0.15, 0.2) is 0 Å². The largest absolute Gasteiger partial charge is 0.462 e. The van der Waals surface area contributed by atoms with Crippen LogP contribution in [0.15, 0.2) is 72.9 Å². The van der Waals surface area contributed by atoms with Crippen molar-refractivity contribution in [3.8, 4) is 0 Å². The fourth-order valence-electron chi connectivity index (χ4n) is 7.49. The Morgan fingerprint density at radius 2 is 0.885 bits per heavy atom. The molecule has 61 heavy (non-hydrogen) atoms. The maximum Gasteiger partial charge on any atom is 0.306 e. The lowest BCUT2D eigenvalue weighted by molar-refractivity contribution is -0.151. The molecule has 0 heterocycles. The van der Waals surface area contributed by atoms with Crippen LogP contribution in [0.5, 0.6) is 0 Å². The molecular weight excluding hydrogens is 755 g/mol. The molecule has 6 nitrogen and oxygen atoms in total. The third kappa shape index (κ3) is 43.7. The highest BCUT2D eigenvalue weighted by Crippen LogP contribution is 2.17. The Kier molecular flexibility index (Phi) is 46.2. The highest BCUT2D eigenvalue weighted by atomic mass is 16.5. The third-order valence-corrected chi connectivity index (χ3v) is 11.4. The lowest BCUT2D eigenvalue weighted by Crippen LogP contribution is -2.46. The van der Waals surface area contributed by atoms with E-state index in [0.717, 1.165) is 83.5 Å². The fraction of sp³-hybridized carbons (Fsp3) is 0.745. The Labute approximate surface area is 377 Å². The summed E-state index contributed by atoms with van der Waals surface area (Å²) in [7, 11) is 0. The first-order valence-corrected chi connectivity index (χ1v) is 25.7. The summed E-state index contributed by atoms with van der Waals surface area (Å²) < 4.78 is 5.92. The van der Waals surface area contributed by atoms with E-state index < -0.39 is 18.2 Å². The molecule has 0 aliphatic heterocycles. The first-order chi connectivity index (χ1) is 30.0. The minimum Gasteiger partial charge on any atom is -0.462 e. The van der Waals surface area contributed by atoms with E-state index in [-0.39, 0.29) is 24.9 Å². The second-order valence-electron chi connectivity index (χ2n) is 17.3. The summed E-state index contributed by atoms with van der Waals surface area (Å²) in [5.41, 5.74) is 0. The van der Waals surface area contributed by atoms with Crippen LogP contribution in [-0.4, -0.2) is 46.9 Å². The van der Waals surface area contributed by atoms with Crippen LogP contribution >= 0.6 is 0 Å². The number of hydrogen-bond acceptors (Lipinski definition) is 5. The topological polar surface area (TPSA) is 95.9 Å². The van der Waals surface area contributed by atoms with Gasteiger partial charge in [-0.15, -0.1) is 0 Å². The quantitative estimate of drug-likeness (QED) is 0.0322. The first kappa shape index (κ1) is 58.3. The lowest BCUT2D eigenvalue weighted by atomic mass is 10.0. The first-order valence-electron chi connectivity index (χ1n) is 25.7. The average Bonchev–Trinajstić information content (AvgIpc) is 3.25. The number of esters is 1. The van der Waals surface area contributed by atoms with Crippen molar-refractivity contribution in [3.05, 3.63) is 72.9 Å². The van der Waals surface area contributed by atoms with Gasteiger partial charge in [0.05, 0.1) is 25.2 Å². The zero-order valence-corrected chi connectivity index (χ0v) is 40.0. The summed E-state index contributed by atoms with van der Waals surface area (Å²) in [6, 6.07) is -0.717. The van der Waals surface area contributed by atoms with Crippen LogP contribution in [0.1, 0.15) is 239 Å². The van der Waals surface area contributed by atoms with Crippen molar-refractivity contribution in [2.75, 3.05) is 6.61 Å². The van der Waals surface area contributed by atoms with Crippen LogP contribution < -0.4 is 5.32 Å². The molecule has 352 valence electrons. The molecule has 3 unspecified atom stereocenters. The maximum absolute atomic E-state index is 13.2. The molecule has 0 rings (SSSR count). The number of carbonyl (C=O) groups excluding carboxylic acids is 2.